The summed E-state index contributed by atoms with van der Waals surface area (Å²) in [5, 5.41) is 9.05. The Morgan fingerprint density at radius 2 is 2.32 bits per heavy atom. The van der Waals surface area contributed by atoms with Gasteiger partial charge in [0, 0.05) is 18.0 Å². The molecule has 0 aromatic carbocycles. The van der Waals surface area contributed by atoms with E-state index >= 15 is 0 Å². The van der Waals surface area contributed by atoms with Crippen LogP contribution >= 0.6 is 11.8 Å². The summed E-state index contributed by atoms with van der Waals surface area (Å²) in [6.45, 7) is 0.389. The third-order valence-electron chi connectivity index (χ3n) is 2.97. The second kappa shape index (κ2) is 5.98. The van der Waals surface area contributed by atoms with Crippen LogP contribution in [0.25, 0.3) is 0 Å². The van der Waals surface area contributed by atoms with Crippen molar-refractivity contribution in [2.45, 2.75) is 29.4 Å². The van der Waals surface area contributed by atoms with E-state index in [-0.39, 0.29) is 10.6 Å². The van der Waals surface area contributed by atoms with Crippen molar-refractivity contribution in [3.05, 3.63) is 18.0 Å². The number of aromatic amines is 1. The third kappa shape index (κ3) is 3.74. The maximum atomic E-state index is 12.0. The Hall–Kier alpha value is -0.990. The van der Waals surface area contributed by atoms with E-state index in [9.17, 15) is 13.2 Å². The number of aromatic carboxylic acids is 1. The first-order valence-corrected chi connectivity index (χ1v) is 8.55. The van der Waals surface area contributed by atoms with Crippen molar-refractivity contribution >= 4 is 27.8 Å². The standard InChI is InChI=1S/C11H16N2O4S2/c14-11(15)10-5-9(7-12-10)19(16,17)13-6-8-3-1-2-4-18-8/h5,7-8,12-13H,1-4,6H2,(H,14,15). The summed E-state index contributed by atoms with van der Waals surface area (Å²) in [6.07, 6.45) is 4.53. The molecule has 0 saturated carbocycles. The average molecular weight is 304 g/mol. The number of hydrogen-bond acceptors (Lipinski definition) is 4. The number of aromatic nitrogens is 1. The van der Waals surface area contributed by atoms with E-state index < -0.39 is 16.0 Å². The molecule has 1 aromatic heterocycles. The van der Waals surface area contributed by atoms with E-state index in [4.69, 9.17) is 5.11 Å². The highest BCUT2D eigenvalue weighted by atomic mass is 32.2. The molecule has 0 aliphatic carbocycles. The molecule has 1 fully saturated rings. The fraction of sp³-hybridized carbons (Fsp3) is 0.545. The van der Waals surface area contributed by atoms with Crippen LogP contribution < -0.4 is 4.72 Å². The lowest BCUT2D eigenvalue weighted by Crippen LogP contribution is -2.31. The normalized spacial score (nSPS) is 20.3. The van der Waals surface area contributed by atoms with E-state index in [0.29, 0.717) is 11.8 Å². The molecular weight excluding hydrogens is 288 g/mol. The van der Waals surface area contributed by atoms with Gasteiger partial charge in [-0.15, -0.1) is 0 Å². The Kier molecular flexibility index (Phi) is 4.54. The molecule has 1 aliphatic rings. The summed E-state index contributed by atoms with van der Waals surface area (Å²) in [4.78, 5) is 13.1. The number of H-pyrrole nitrogens is 1. The van der Waals surface area contributed by atoms with Gasteiger partial charge in [0.15, 0.2) is 0 Å². The molecule has 19 heavy (non-hydrogen) atoms. The molecule has 0 spiro atoms. The number of sulfonamides is 1. The summed E-state index contributed by atoms with van der Waals surface area (Å²) >= 11 is 1.78. The van der Waals surface area contributed by atoms with Crippen LogP contribution in [0, 0.1) is 0 Å². The lowest BCUT2D eigenvalue weighted by Gasteiger charge is -2.21. The second-order valence-corrected chi connectivity index (χ2v) is 7.57. The highest BCUT2D eigenvalue weighted by Crippen LogP contribution is 2.24. The molecule has 1 aromatic rings. The second-order valence-electron chi connectivity index (χ2n) is 4.39. The topological polar surface area (TPSA) is 99.3 Å². The van der Waals surface area contributed by atoms with E-state index in [1.807, 2.05) is 0 Å². The fourth-order valence-corrected chi connectivity index (χ4v) is 4.33. The van der Waals surface area contributed by atoms with Crippen LogP contribution in [0.1, 0.15) is 29.8 Å². The number of hydrogen-bond donors (Lipinski definition) is 3. The average Bonchev–Trinajstić information content (AvgIpc) is 2.88. The number of carbonyl (C=O) groups is 1. The highest BCUT2D eigenvalue weighted by Gasteiger charge is 2.21. The summed E-state index contributed by atoms with van der Waals surface area (Å²) in [5.41, 5.74) is -0.132. The summed E-state index contributed by atoms with van der Waals surface area (Å²) in [5.74, 6) is -0.107. The molecule has 0 bridgehead atoms. The van der Waals surface area contributed by atoms with Crippen molar-refractivity contribution in [2.24, 2.45) is 0 Å². The third-order valence-corrected chi connectivity index (χ3v) is 5.77. The zero-order valence-electron chi connectivity index (χ0n) is 10.3. The number of rotatable bonds is 5. The molecule has 0 amide bonds. The number of thioether (sulfide) groups is 1. The van der Waals surface area contributed by atoms with Crippen molar-refractivity contribution in [3.63, 3.8) is 0 Å². The Morgan fingerprint density at radius 1 is 1.53 bits per heavy atom. The van der Waals surface area contributed by atoms with Gasteiger partial charge in [0.1, 0.15) is 10.6 Å². The van der Waals surface area contributed by atoms with E-state index in [0.717, 1.165) is 24.7 Å². The highest BCUT2D eigenvalue weighted by molar-refractivity contribution is 8.00. The lowest BCUT2D eigenvalue weighted by molar-refractivity contribution is 0.0691. The van der Waals surface area contributed by atoms with Crippen LogP contribution in [0.3, 0.4) is 0 Å². The quantitative estimate of drug-likeness (QED) is 0.761. The lowest BCUT2D eigenvalue weighted by atomic mass is 10.2. The first kappa shape index (κ1) is 14.4. The first-order valence-electron chi connectivity index (χ1n) is 6.02. The molecule has 6 nitrogen and oxygen atoms in total. The summed E-state index contributed by atoms with van der Waals surface area (Å²) in [6, 6.07) is 1.12. The first-order chi connectivity index (χ1) is 8.99. The predicted octanol–water partition coefficient (Wildman–Crippen LogP) is 1.28. The monoisotopic (exact) mass is 304 g/mol. The van der Waals surface area contributed by atoms with Crippen molar-refractivity contribution in [1.29, 1.82) is 0 Å². The van der Waals surface area contributed by atoms with Gasteiger partial charge >= 0.3 is 5.97 Å². The molecule has 2 heterocycles. The number of nitrogens with one attached hydrogen (secondary N) is 2. The van der Waals surface area contributed by atoms with Gasteiger partial charge in [0.05, 0.1) is 0 Å². The summed E-state index contributed by atoms with van der Waals surface area (Å²) < 4.78 is 26.5. The van der Waals surface area contributed by atoms with Crippen LogP contribution in [0.5, 0.6) is 0 Å². The Morgan fingerprint density at radius 3 is 2.89 bits per heavy atom. The van der Waals surface area contributed by atoms with Crippen molar-refractivity contribution in [1.82, 2.24) is 9.71 Å². The molecule has 2 rings (SSSR count). The van der Waals surface area contributed by atoms with Gasteiger partial charge in [-0.2, -0.15) is 11.8 Å². The van der Waals surface area contributed by atoms with Crippen LogP contribution in [0.4, 0.5) is 0 Å². The molecule has 3 N–H and O–H groups in total. The number of carboxylic acids is 1. The van der Waals surface area contributed by atoms with E-state index in [1.54, 1.807) is 11.8 Å². The van der Waals surface area contributed by atoms with E-state index in [1.165, 1.54) is 12.6 Å². The molecule has 106 valence electrons. The Labute approximate surface area is 116 Å². The number of carboxylic acid groups (broad SMARTS) is 1. The molecular formula is C11H16N2O4S2. The smallest absolute Gasteiger partial charge is 0.352 e. The van der Waals surface area contributed by atoms with Gasteiger partial charge in [0.25, 0.3) is 0 Å². The molecule has 8 heteroatoms. The molecule has 1 saturated heterocycles. The van der Waals surface area contributed by atoms with E-state index in [2.05, 4.69) is 9.71 Å². The maximum Gasteiger partial charge on any atom is 0.352 e. The largest absolute Gasteiger partial charge is 0.477 e. The van der Waals surface area contributed by atoms with Gasteiger partial charge in [0.2, 0.25) is 10.0 Å². The van der Waals surface area contributed by atoms with Crippen molar-refractivity contribution in [2.75, 3.05) is 12.3 Å². The zero-order valence-corrected chi connectivity index (χ0v) is 11.9. The Balaban J connectivity index is 1.98. The van der Waals surface area contributed by atoms with Gasteiger partial charge in [-0.25, -0.2) is 17.9 Å². The van der Waals surface area contributed by atoms with Gasteiger partial charge in [-0.1, -0.05) is 6.42 Å². The van der Waals surface area contributed by atoms with Crippen LogP contribution in [0.2, 0.25) is 0 Å². The summed E-state index contributed by atoms with van der Waals surface area (Å²) in [7, 11) is -3.63. The van der Waals surface area contributed by atoms with Gasteiger partial charge in [-0.3, -0.25) is 0 Å². The van der Waals surface area contributed by atoms with Crippen LogP contribution in [-0.4, -0.2) is 42.0 Å². The minimum absolute atomic E-state index is 0.0364. The van der Waals surface area contributed by atoms with Gasteiger partial charge < -0.3 is 10.1 Å². The molecule has 1 atom stereocenters. The Bertz CT molecular complexity index is 547. The van der Waals surface area contributed by atoms with Crippen LogP contribution in [0.15, 0.2) is 17.2 Å². The fourth-order valence-electron chi connectivity index (χ4n) is 1.91. The van der Waals surface area contributed by atoms with Gasteiger partial charge in [-0.05, 0) is 24.7 Å². The molecule has 1 aliphatic heterocycles. The molecule has 0 radical (unpaired) electrons. The molecule has 1 unspecified atom stereocenters. The minimum Gasteiger partial charge on any atom is -0.477 e. The maximum absolute atomic E-state index is 12.0. The van der Waals surface area contributed by atoms with Crippen molar-refractivity contribution in [3.8, 4) is 0 Å². The SMILES string of the molecule is O=C(O)c1cc(S(=O)(=O)NCC2CCCCS2)c[nH]1. The van der Waals surface area contributed by atoms with Crippen LogP contribution in [-0.2, 0) is 10.0 Å². The predicted molar refractivity (Wildman–Crippen MR) is 73.0 cm³/mol. The minimum atomic E-state index is -3.63. The zero-order chi connectivity index (χ0) is 13.9. The van der Waals surface area contributed by atoms with Crippen molar-refractivity contribution < 1.29 is 18.3 Å².